The van der Waals surface area contributed by atoms with E-state index in [-0.39, 0.29) is 12.1 Å². The number of primary amides is 1. The molecule has 30 heavy (non-hydrogen) atoms. The SMILES string of the molecule is CCc1cccc(C(N)=O)c1Cn1nc(C)c2ccc(C(F)(F)c3nnn[nH]3)cc21. The lowest BCUT2D eigenvalue weighted by Crippen LogP contribution is -2.18. The van der Waals surface area contributed by atoms with Gasteiger partial charge in [0, 0.05) is 16.5 Å². The summed E-state index contributed by atoms with van der Waals surface area (Å²) < 4.78 is 31.3. The molecule has 4 aromatic rings. The van der Waals surface area contributed by atoms with Crippen LogP contribution >= 0.6 is 0 Å². The molecule has 4 rings (SSSR count). The van der Waals surface area contributed by atoms with Crippen LogP contribution in [0.15, 0.2) is 36.4 Å². The second-order valence-electron chi connectivity index (χ2n) is 6.96. The lowest BCUT2D eigenvalue weighted by atomic mass is 9.98. The number of nitrogens with zero attached hydrogens (tertiary/aromatic N) is 5. The highest BCUT2D eigenvalue weighted by atomic mass is 19.3. The number of aromatic nitrogens is 6. The molecule has 0 atom stereocenters. The molecular formula is C20H19F2N7O. The molecule has 0 radical (unpaired) electrons. The van der Waals surface area contributed by atoms with Gasteiger partial charge in [0.2, 0.25) is 11.7 Å². The molecule has 2 heterocycles. The Morgan fingerprint density at radius 3 is 2.73 bits per heavy atom. The monoisotopic (exact) mass is 411 g/mol. The molecule has 0 aliphatic heterocycles. The number of fused-ring (bicyclic) bond motifs is 1. The van der Waals surface area contributed by atoms with Crippen molar-refractivity contribution < 1.29 is 13.6 Å². The predicted molar refractivity (Wildman–Crippen MR) is 105 cm³/mol. The lowest BCUT2D eigenvalue weighted by Gasteiger charge is -2.15. The van der Waals surface area contributed by atoms with Crippen molar-refractivity contribution in [1.82, 2.24) is 30.4 Å². The quantitative estimate of drug-likeness (QED) is 0.506. The zero-order chi connectivity index (χ0) is 21.5. The Kier molecular flexibility index (Phi) is 4.76. The number of rotatable bonds is 6. The van der Waals surface area contributed by atoms with Gasteiger partial charge in [0.15, 0.2) is 0 Å². The van der Waals surface area contributed by atoms with Crippen LogP contribution in [-0.4, -0.2) is 36.3 Å². The summed E-state index contributed by atoms with van der Waals surface area (Å²) in [6.07, 6.45) is 0.691. The normalized spacial score (nSPS) is 11.9. The van der Waals surface area contributed by atoms with E-state index in [4.69, 9.17) is 5.73 Å². The number of halogens is 2. The molecule has 0 saturated heterocycles. The largest absolute Gasteiger partial charge is 0.366 e. The predicted octanol–water partition coefficient (Wildman–Crippen LogP) is 2.71. The number of hydrogen-bond acceptors (Lipinski definition) is 5. The van der Waals surface area contributed by atoms with Gasteiger partial charge in [-0.3, -0.25) is 9.48 Å². The maximum atomic E-state index is 14.8. The second-order valence-corrected chi connectivity index (χ2v) is 6.96. The van der Waals surface area contributed by atoms with Crippen LogP contribution in [-0.2, 0) is 18.9 Å². The molecule has 0 spiro atoms. The number of amides is 1. The van der Waals surface area contributed by atoms with Crippen molar-refractivity contribution in [2.75, 3.05) is 0 Å². The first kappa shape index (κ1) is 19.6. The molecule has 0 saturated carbocycles. The number of carbonyl (C=O) groups is 1. The van der Waals surface area contributed by atoms with Crippen LogP contribution in [0.2, 0.25) is 0 Å². The van der Waals surface area contributed by atoms with Gasteiger partial charge in [-0.25, -0.2) is 5.10 Å². The van der Waals surface area contributed by atoms with E-state index in [0.29, 0.717) is 23.2 Å². The minimum atomic E-state index is -3.40. The minimum Gasteiger partial charge on any atom is -0.366 e. The van der Waals surface area contributed by atoms with Crippen molar-refractivity contribution in [3.8, 4) is 0 Å². The molecule has 0 bridgehead atoms. The first-order chi connectivity index (χ1) is 14.3. The summed E-state index contributed by atoms with van der Waals surface area (Å²) in [6, 6.07) is 9.65. The van der Waals surface area contributed by atoms with Gasteiger partial charge in [0.05, 0.1) is 17.8 Å². The summed E-state index contributed by atoms with van der Waals surface area (Å²) in [5.41, 5.74) is 8.56. The van der Waals surface area contributed by atoms with E-state index >= 15 is 0 Å². The van der Waals surface area contributed by atoms with Crippen molar-refractivity contribution in [2.24, 2.45) is 5.73 Å². The molecule has 0 fully saturated rings. The van der Waals surface area contributed by atoms with Crippen LogP contribution in [0.1, 0.15) is 45.5 Å². The Balaban J connectivity index is 1.85. The number of tetrazole rings is 1. The van der Waals surface area contributed by atoms with E-state index < -0.39 is 17.7 Å². The van der Waals surface area contributed by atoms with E-state index in [9.17, 15) is 13.6 Å². The maximum absolute atomic E-state index is 14.8. The summed E-state index contributed by atoms with van der Waals surface area (Å²) in [5.74, 6) is -4.59. The number of nitrogens with one attached hydrogen (secondary N) is 1. The Morgan fingerprint density at radius 1 is 1.27 bits per heavy atom. The van der Waals surface area contributed by atoms with Gasteiger partial charge in [-0.2, -0.15) is 13.9 Å². The van der Waals surface area contributed by atoms with Crippen LogP contribution < -0.4 is 5.73 Å². The summed E-state index contributed by atoms with van der Waals surface area (Å²) in [5, 5.41) is 17.2. The van der Waals surface area contributed by atoms with Crippen LogP contribution in [0.3, 0.4) is 0 Å². The first-order valence-electron chi connectivity index (χ1n) is 9.33. The van der Waals surface area contributed by atoms with E-state index in [1.807, 2.05) is 13.0 Å². The summed E-state index contributed by atoms with van der Waals surface area (Å²) in [7, 11) is 0. The number of aromatic amines is 1. The number of benzene rings is 2. The zero-order valence-electron chi connectivity index (χ0n) is 16.4. The molecule has 0 aliphatic rings. The molecule has 2 aromatic heterocycles. The minimum absolute atomic E-state index is 0.228. The van der Waals surface area contributed by atoms with Crippen molar-refractivity contribution in [1.29, 1.82) is 0 Å². The number of carbonyl (C=O) groups excluding carboxylic acids is 1. The number of aryl methyl sites for hydroxylation is 2. The highest BCUT2D eigenvalue weighted by Crippen LogP contribution is 2.35. The fourth-order valence-corrected chi connectivity index (χ4v) is 3.62. The van der Waals surface area contributed by atoms with Crippen LogP contribution in [0.25, 0.3) is 10.9 Å². The maximum Gasteiger partial charge on any atom is 0.333 e. The van der Waals surface area contributed by atoms with Crippen molar-refractivity contribution in [3.05, 3.63) is 70.2 Å². The highest BCUT2D eigenvalue weighted by Gasteiger charge is 2.38. The topological polar surface area (TPSA) is 115 Å². The molecule has 2 aromatic carbocycles. The third-order valence-corrected chi connectivity index (χ3v) is 5.17. The molecule has 8 nitrogen and oxygen atoms in total. The van der Waals surface area contributed by atoms with Crippen LogP contribution in [0, 0.1) is 6.92 Å². The number of alkyl halides is 2. The fourth-order valence-electron chi connectivity index (χ4n) is 3.62. The zero-order valence-corrected chi connectivity index (χ0v) is 16.4. The Bertz CT molecular complexity index is 1230. The summed E-state index contributed by atoms with van der Waals surface area (Å²) in [6.45, 7) is 4.00. The summed E-state index contributed by atoms with van der Waals surface area (Å²) in [4.78, 5) is 11.9. The van der Waals surface area contributed by atoms with Gasteiger partial charge in [-0.05, 0) is 47.0 Å². The Labute approximate surface area is 170 Å². The number of hydrogen-bond donors (Lipinski definition) is 2. The second kappa shape index (κ2) is 7.29. The van der Waals surface area contributed by atoms with Gasteiger partial charge >= 0.3 is 5.92 Å². The standard InChI is InChI=1S/C20H19F2N7O/c1-3-12-5-4-6-15(18(23)30)16(12)10-29-17-9-13(7-8-14(17)11(2)26-29)20(21,22)19-24-27-28-25-19/h4-9H,3,10H2,1-2H3,(H2,23,30)(H,24,25,27,28). The third kappa shape index (κ3) is 3.19. The molecule has 10 heteroatoms. The lowest BCUT2D eigenvalue weighted by molar-refractivity contribution is 0.0330. The van der Waals surface area contributed by atoms with Crippen molar-refractivity contribution in [3.63, 3.8) is 0 Å². The van der Waals surface area contributed by atoms with E-state index in [2.05, 4.69) is 25.7 Å². The number of H-pyrrole nitrogens is 1. The molecule has 0 aliphatic carbocycles. The number of nitrogens with two attached hydrogens (primary N) is 1. The van der Waals surface area contributed by atoms with Crippen molar-refractivity contribution in [2.45, 2.75) is 32.7 Å². The summed E-state index contributed by atoms with van der Waals surface area (Å²) >= 11 is 0. The molecule has 3 N–H and O–H groups in total. The van der Waals surface area contributed by atoms with Crippen LogP contribution in [0.5, 0.6) is 0 Å². The molecular weight excluding hydrogens is 392 g/mol. The van der Waals surface area contributed by atoms with Gasteiger partial charge in [-0.1, -0.05) is 31.2 Å². The Hall–Kier alpha value is -3.69. The molecule has 0 unspecified atom stereocenters. The molecule has 1 amide bonds. The average molecular weight is 411 g/mol. The van der Waals surface area contributed by atoms with Crippen LogP contribution in [0.4, 0.5) is 8.78 Å². The highest BCUT2D eigenvalue weighted by molar-refractivity contribution is 5.94. The van der Waals surface area contributed by atoms with Gasteiger partial charge in [-0.15, -0.1) is 5.10 Å². The smallest absolute Gasteiger partial charge is 0.333 e. The van der Waals surface area contributed by atoms with Gasteiger partial charge in [0.25, 0.3) is 0 Å². The van der Waals surface area contributed by atoms with Gasteiger partial charge in [0.1, 0.15) is 0 Å². The van der Waals surface area contributed by atoms with E-state index in [1.54, 1.807) is 29.8 Å². The third-order valence-electron chi connectivity index (χ3n) is 5.17. The fraction of sp³-hybridized carbons (Fsp3) is 0.250. The molecule has 154 valence electrons. The van der Waals surface area contributed by atoms with Gasteiger partial charge < -0.3 is 5.73 Å². The first-order valence-corrected chi connectivity index (χ1v) is 9.33. The van der Waals surface area contributed by atoms with Crippen molar-refractivity contribution >= 4 is 16.8 Å². The van der Waals surface area contributed by atoms with E-state index in [0.717, 1.165) is 16.5 Å². The van der Waals surface area contributed by atoms with E-state index in [1.165, 1.54) is 12.1 Å². The Morgan fingerprint density at radius 2 is 2.07 bits per heavy atom. The average Bonchev–Trinajstić information content (AvgIpc) is 3.37.